The van der Waals surface area contributed by atoms with E-state index in [1.807, 2.05) is 37.3 Å². The van der Waals surface area contributed by atoms with Crippen molar-refractivity contribution < 1.29 is 5.11 Å². The van der Waals surface area contributed by atoms with Crippen LogP contribution in [0.2, 0.25) is 0 Å². The second-order valence-corrected chi connectivity index (χ2v) is 8.52. The average molecular weight is 417 g/mol. The molecule has 0 unspecified atom stereocenters. The maximum atomic E-state index is 10.6. The monoisotopic (exact) mass is 416 g/mol. The third kappa shape index (κ3) is 4.23. The van der Waals surface area contributed by atoms with Gasteiger partial charge in [0.05, 0.1) is 17.6 Å². The van der Waals surface area contributed by atoms with Crippen LogP contribution in [-0.4, -0.2) is 50.7 Å². The fraction of sp³-hybridized carbons (Fsp3) is 0.417. The second-order valence-electron chi connectivity index (χ2n) is 8.52. The smallest absolute Gasteiger partial charge is 0.151 e. The number of rotatable bonds is 6. The summed E-state index contributed by atoms with van der Waals surface area (Å²) < 4.78 is 0. The normalized spacial score (nSPS) is 18.9. The lowest BCUT2D eigenvalue weighted by Gasteiger charge is -2.29. The van der Waals surface area contributed by atoms with E-state index in [1.165, 1.54) is 19.3 Å². The molecule has 5 rings (SSSR count). The van der Waals surface area contributed by atoms with E-state index >= 15 is 0 Å². The molecule has 0 spiro atoms. The fourth-order valence-electron chi connectivity index (χ4n) is 4.32. The molecule has 0 amide bonds. The van der Waals surface area contributed by atoms with E-state index in [9.17, 15) is 5.11 Å². The number of benzene rings is 1. The molecule has 3 heterocycles. The van der Waals surface area contributed by atoms with Crippen molar-refractivity contribution in [2.24, 2.45) is 0 Å². The molecular formula is C24H28N6O. The minimum atomic E-state index is 0.181. The van der Waals surface area contributed by atoms with E-state index in [0.717, 1.165) is 48.6 Å². The summed E-state index contributed by atoms with van der Waals surface area (Å²) in [5.41, 5.74) is 4.10. The first-order valence-corrected chi connectivity index (χ1v) is 11.2. The molecule has 7 heteroatoms. The lowest BCUT2D eigenvalue weighted by Crippen LogP contribution is -2.43. The van der Waals surface area contributed by atoms with Crippen molar-refractivity contribution in [1.82, 2.24) is 25.7 Å². The number of hydrogen-bond donors (Lipinski definition) is 2. The summed E-state index contributed by atoms with van der Waals surface area (Å²) in [7, 11) is 0. The van der Waals surface area contributed by atoms with Crippen LogP contribution in [0.4, 0.5) is 5.82 Å². The molecular weight excluding hydrogens is 388 g/mol. The van der Waals surface area contributed by atoms with Crippen LogP contribution in [0.5, 0.6) is 5.75 Å². The number of nitrogens with one attached hydrogen (secondary N) is 1. The van der Waals surface area contributed by atoms with Gasteiger partial charge in [-0.3, -0.25) is 0 Å². The van der Waals surface area contributed by atoms with E-state index in [4.69, 9.17) is 0 Å². The van der Waals surface area contributed by atoms with Crippen molar-refractivity contribution in [1.29, 1.82) is 0 Å². The highest BCUT2D eigenvalue weighted by Crippen LogP contribution is 2.33. The molecule has 1 aliphatic heterocycles. The van der Waals surface area contributed by atoms with Crippen LogP contribution in [-0.2, 0) is 6.42 Å². The summed E-state index contributed by atoms with van der Waals surface area (Å²) in [5, 5.41) is 31.4. The van der Waals surface area contributed by atoms with Gasteiger partial charge in [0.2, 0.25) is 0 Å². The molecule has 1 aliphatic carbocycles. The molecule has 160 valence electrons. The van der Waals surface area contributed by atoms with Crippen LogP contribution >= 0.6 is 0 Å². The molecule has 2 fully saturated rings. The topological polar surface area (TPSA) is 87.1 Å². The zero-order valence-corrected chi connectivity index (χ0v) is 17.8. The van der Waals surface area contributed by atoms with Crippen LogP contribution in [0.3, 0.4) is 0 Å². The summed E-state index contributed by atoms with van der Waals surface area (Å²) in [6.07, 6.45) is 7.65. The molecule has 2 N–H and O–H groups in total. The van der Waals surface area contributed by atoms with Gasteiger partial charge < -0.3 is 15.3 Å². The Morgan fingerprint density at radius 1 is 1.00 bits per heavy atom. The zero-order chi connectivity index (χ0) is 21.2. The summed E-state index contributed by atoms with van der Waals surface area (Å²) in [6.45, 7) is 4.02. The Bertz CT molecular complexity index is 1050. The first-order valence-electron chi connectivity index (χ1n) is 11.2. The van der Waals surface area contributed by atoms with Crippen LogP contribution in [0, 0.1) is 0 Å². The number of aryl methyl sites for hydroxylation is 1. The lowest BCUT2D eigenvalue weighted by molar-refractivity contribution is 0.311. The van der Waals surface area contributed by atoms with E-state index in [0.29, 0.717) is 23.3 Å². The summed E-state index contributed by atoms with van der Waals surface area (Å²) in [5.74, 6) is 1.08. The molecule has 1 aromatic carbocycles. The molecule has 31 heavy (non-hydrogen) atoms. The summed E-state index contributed by atoms with van der Waals surface area (Å²) >= 11 is 0. The van der Waals surface area contributed by atoms with E-state index in [2.05, 4.69) is 30.6 Å². The molecule has 1 saturated carbocycles. The molecule has 3 aromatic rings. The van der Waals surface area contributed by atoms with Crippen molar-refractivity contribution in [2.75, 3.05) is 18.0 Å². The van der Waals surface area contributed by atoms with Crippen molar-refractivity contribution >= 4 is 5.82 Å². The van der Waals surface area contributed by atoms with Gasteiger partial charge in [-0.25, -0.2) is 0 Å². The number of aromatic hydroxyl groups is 1. The first kappa shape index (κ1) is 19.9. The molecule has 2 aromatic heterocycles. The number of phenolic OH excluding ortho intramolecular Hbond substituents is 1. The Morgan fingerprint density at radius 3 is 2.61 bits per heavy atom. The van der Waals surface area contributed by atoms with Gasteiger partial charge in [-0.15, -0.1) is 10.2 Å². The Balaban J connectivity index is 1.29. The first-order chi connectivity index (χ1) is 15.2. The van der Waals surface area contributed by atoms with E-state index < -0.39 is 0 Å². The third-order valence-electron chi connectivity index (χ3n) is 6.41. The van der Waals surface area contributed by atoms with Gasteiger partial charge in [0, 0.05) is 36.3 Å². The van der Waals surface area contributed by atoms with Gasteiger partial charge in [0.1, 0.15) is 5.75 Å². The Labute approximate surface area is 182 Å². The molecule has 1 atom stereocenters. The van der Waals surface area contributed by atoms with Crippen LogP contribution < -0.4 is 10.2 Å². The van der Waals surface area contributed by atoms with Crippen molar-refractivity contribution in [3.63, 3.8) is 0 Å². The number of anilines is 1. The van der Waals surface area contributed by atoms with E-state index in [1.54, 1.807) is 12.3 Å². The van der Waals surface area contributed by atoms with Gasteiger partial charge in [0.15, 0.2) is 5.82 Å². The van der Waals surface area contributed by atoms with Crippen LogP contribution in [0.15, 0.2) is 42.6 Å². The van der Waals surface area contributed by atoms with Gasteiger partial charge in [0.25, 0.3) is 0 Å². The zero-order valence-electron chi connectivity index (χ0n) is 17.8. The standard InChI is InChI=1S/C24H28N6O/c1-2-18-12-17(14-25-27-18)16-6-7-21(23(31)13-16)22-8-9-24(29-28-22)30-11-10-20(15-30)26-19-4-3-5-19/h6-9,12-14,19-20,26,31H,2-5,10-11,15H2,1H3/t20-/m0/s1. The minimum absolute atomic E-state index is 0.181. The van der Waals surface area contributed by atoms with E-state index in [-0.39, 0.29) is 5.75 Å². The Morgan fingerprint density at radius 2 is 1.90 bits per heavy atom. The molecule has 1 saturated heterocycles. The van der Waals surface area contributed by atoms with Crippen molar-refractivity contribution in [2.45, 2.75) is 51.1 Å². The predicted molar refractivity (Wildman–Crippen MR) is 121 cm³/mol. The summed E-state index contributed by atoms with van der Waals surface area (Å²) in [6, 6.07) is 12.8. The molecule has 7 nitrogen and oxygen atoms in total. The van der Waals surface area contributed by atoms with Gasteiger partial charge >= 0.3 is 0 Å². The Hall–Kier alpha value is -3.06. The largest absolute Gasteiger partial charge is 0.507 e. The Kier molecular flexibility index (Phi) is 5.51. The van der Waals surface area contributed by atoms with Gasteiger partial charge in [-0.2, -0.15) is 10.2 Å². The number of nitrogens with zero attached hydrogens (tertiary/aromatic N) is 5. The fourth-order valence-corrected chi connectivity index (χ4v) is 4.32. The van der Waals surface area contributed by atoms with Crippen LogP contribution in [0.1, 0.15) is 38.3 Å². The predicted octanol–water partition coefficient (Wildman–Crippen LogP) is 3.59. The van der Waals surface area contributed by atoms with Crippen molar-refractivity contribution in [3.05, 3.63) is 48.3 Å². The highest BCUT2D eigenvalue weighted by atomic mass is 16.3. The maximum Gasteiger partial charge on any atom is 0.151 e. The second kappa shape index (κ2) is 8.59. The molecule has 0 radical (unpaired) electrons. The number of phenols is 1. The third-order valence-corrected chi connectivity index (χ3v) is 6.41. The number of hydrogen-bond acceptors (Lipinski definition) is 7. The van der Waals surface area contributed by atoms with Crippen LogP contribution in [0.25, 0.3) is 22.4 Å². The SMILES string of the molecule is CCc1cc(-c2ccc(-c3ccc(N4CC[C@H](NC5CCC5)C4)nn3)c(O)c2)cnn1. The van der Waals surface area contributed by atoms with Gasteiger partial charge in [-0.05, 0) is 61.6 Å². The maximum absolute atomic E-state index is 10.6. The lowest BCUT2D eigenvalue weighted by atomic mass is 9.92. The van der Waals surface area contributed by atoms with Gasteiger partial charge in [-0.1, -0.05) is 19.4 Å². The summed E-state index contributed by atoms with van der Waals surface area (Å²) in [4.78, 5) is 2.29. The average Bonchev–Trinajstić information content (AvgIpc) is 3.25. The quantitative estimate of drug-likeness (QED) is 0.635. The highest BCUT2D eigenvalue weighted by Gasteiger charge is 2.27. The molecule has 2 aliphatic rings. The minimum Gasteiger partial charge on any atom is -0.507 e. The van der Waals surface area contributed by atoms with Crippen molar-refractivity contribution in [3.8, 4) is 28.1 Å². The highest BCUT2D eigenvalue weighted by molar-refractivity contribution is 5.74. The number of aromatic nitrogens is 4. The molecule has 0 bridgehead atoms.